The second kappa shape index (κ2) is 6.23. The van der Waals surface area contributed by atoms with Crippen LogP contribution < -0.4 is 5.43 Å². The van der Waals surface area contributed by atoms with E-state index in [0.717, 1.165) is 33.8 Å². The van der Waals surface area contributed by atoms with Crippen molar-refractivity contribution < 1.29 is 0 Å². The minimum atomic E-state index is 0.486. The van der Waals surface area contributed by atoms with Crippen LogP contribution in [0.15, 0.2) is 30.6 Å². The molecule has 0 radical (unpaired) electrons. The van der Waals surface area contributed by atoms with E-state index in [4.69, 9.17) is 9.97 Å². The highest BCUT2D eigenvalue weighted by atomic mass is 15.5. The van der Waals surface area contributed by atoms with Crippen molar-refractivity contribution in [2.24, 2.45) is 0 Å². The molecule has 1 fully saturated rings. The predicted octanol–water partition coefficient (Wildman–Crippen LogP) is 3.99. The number of pyridine rings is 2. The molecular weight excluding hydrogens is 298 g/mol. The molecule has 1 saturated carbocycles. The molecule has 0 aromatic carbocycles. The van der Waals surface area contributed by atoms with Gasteiger partial charge in [0.1, 0.15) is 5.52 Å². The van der Waals surface area contributed by atoms with Crippen molar-refractivity contribution in [1.82, 2.24) is 19.6 Å². The van der Waals surface area contributed by atoms with Crippen molar-refractivity contribution in [1.29, 1.82) is 0 Å². The van der Waals surface area contributed by atoms with Crippen LogP contribution in [0.3, 0.4) is 0 Å². The lowest BCUT2D eigenvalue weighted by Crippen LogP contribution is -2.30. The fraction of sp³-hybridized carbons (Fsp3) is 0.421. The maximum atomic E-state index is 4.90. The third kappa shape index (κ3) is 2.75. The average molecular weight is 321 g/mol. The molecule has 124 valence electrons. The number of nitrogens with zero attached hydrogens (tertiary/aromatic N) is 4. The van der Waals surface area contributed by atoms with Crippen LogP contribution in [0.25, 0.3) is 22.6 Å². The fourth-order valence-corrected chi connectivity index (χ4v) is 3.59. The van der Waals surface area contributed by atoms with Gasteiger partial charge in [-0.2, -0.15) is 0 Å². The zero-order valence-electron chi connectivity index (χ0n) is 14.3. The first-order chi connectivity index (χ1) is 11.7. The van der Waals surface area contributed by atoms with Crippen LogP contribution in [0, 0.1) is 13.8 Å². The summed E-state index contributed by atoms with van der Waals surface area (Å²) in [5.41, 5.74) is 8.83. The smallest absolute Gasteiger partial charge is 0.179 e. The molecule has 1 N–H and O–H groups in total. The molecule has 1 aliphatic carbocycles. The van der Waals surface area contributed by atoms with Crippen molar-refractivity contribution in [3.63, 3.8) is 0 Å². The topological polar surface area (TPSA) is 55.6 Å². The third-order valence-electron chi connectivity index (χ3n) is 4.79. The number of aromatic nitrogens is 4. The van der Waals surface area contributed by atoms with Crippen LogP contribution in [0.2, 0.25) is 0 Å². The average Bonchev–Trinajstić information content (AvgIpc) is 2.95. The van der Waals surface area contributed by atoms with Gasteiger partial charge in [0.15, 0.2) is 11.5 Å². The van der Waals surface area contributed by atoms with Crippen LogP contribution in [0.5, 0.6) is 0 Å². The Hall–Kier alpha value is -2.43. The van der Waals surface area contributed by atoms with Crippen LogP contribution in [0.1, 0.15) is 43.4 Å². The van der Waals surface area contributed by atoms with Gasteiger partial charge in [-0.1, -0.05) is 19.3 Å². The summed E-state index contributed by atoms with van der Waals surface area (Å²) in [6.07, 6.45) is 9.97. The predicted molar refractivity (Wildman–Crippen MR) is 96.5 cm³/mol. The number of aryl methyl sites for hydroxylation is 2. The van der Waals surface area contributed by atoms with E-state index >= 15 is 0 Å². The van der Waals surface area contributed by atoms with Crippen molar-refractivity contribution >= 4 is 11.2 Å². The van der Waals surface area contributed by atoms with Crippen LogP contribution in [-0.4, -0.2) is 25.7 Å². The molecule has 5 nitrogen and oxygen atoms in total. The Balaban J connectivity index is 1.86. The summed E-state index contributed by atoms with van der Waals surface area (Å²) in [7, 11) is 0. The molecule has 3 aromatic heterocycles. The Morgan fingerprint density at radius 2 is 1.79 bits per heavy atom. The molecule has 0 bridgehead atoms. The van der Waals surface area contributed by atoms with E-state index < -0.39 is 0 Å². The molecule has 0 atom stereocenters. The van der Waals surface area contributed by atoms with Gasteiger partial charge in [-0.05, 0) is 50.5 Å². The number of imidazole rings is 1. The summed E-state index contributed by atoms with van der Waals surface area (Å²) in [4.78, 5) is 13.8. The molecule has 0 unspecified atom stereocenters. The highest BCUT2D eigenvalue weighted by Gasteiger charge is 2.20. The first-order valence-electron chi connectivity index (χ1n) is 8.76. The summed E-state index contributed by atoms with van der Waals surface area (Å²) in [5, 5.41) is 0. The molecular formula is C19H23N5. The Morgan fingerprint density at radius 3 is 2.54 bits per heavy atom. The lowest BCUT2D eigenvalue weighted by Gasteiger charge is -2.25. The van der Waals surface area contributed by atoms with E-state index in [-0.39, 0.29) is 0 Å². The number of hydrogen-bond donors (Lipinski definition) is 1. The van der Waals surface area contributed by atoms with Gasteiger partial charge >= 0.3 is 0 Å². The van der Waals surface area contributed by atoms with Gasteiger partial charge in [0, 0.05) is 29.7 Å². The van der Waals surface area contributed by atoms with Crippen molar-refractivity contribution in [2.75, 3.05) is 5.43 Å². The molecule has 0 saturated heterocycles. The van der Waals surface area contributed by atoms with E-state index in [1.54, 1.807) is 0 Å². The van der Waals surface area contributed by atoms with Crippen LogP contribution in [-0.2, 0) is 0 Å². The van der Waals surface area contributed by atoms with Crippen LogP contribution in [0.4, 0.5) is 0 Å². The Kier molecular flexibility index (Phi) is 3.92. The quantitative estimate of drug-likeness (QED) is 0.792. The monoisotopic (exact) mass is 321 g/mol. The summed E-state index contributed by atoms with van der Waals surface area (Å²) in [6, 6.07) is 6.58. The van der Waals surface area contributed by atoms with Gasteiger partial charge in [0.2, 0.25) is 0 Å². The van der Waals surface area contributed by atoms with Gasteiger partial charge in [-0.15, -0.1) is 0 Å². The van der Waals surface area contributed by atoms with Crippen molar-refractivity contribution in [3.05, 3.63) is 41.9 Å². The Labute approximate surface area is 142 Å². The molecule has 24 heavy (non-hydrogen) atoms. The lowest BCUT2D eigenvalue weighted by molar-refractivity contribution is 0.440. The molecule has 0 amide bonds. The van der Waals surface area contributed by atoms with Gasteiger partial charge in [0.05, 0.1) is 0 Å². The van der Waals surface area contributed by atoms with Gasteiger partial charge < -0.3 is 5.43 Å². The van der Waals surface area contributed by atoms with E-state index in [9.17, 15) is 0 Å². The molecule has 3 aromatic rings. The summed E-state index contributed by atoms with van der Waals surface area (Å²) >= 11 is 0. The summed E-state index contributed by atoms with van der Waals surface area (Å²) in [6.45, 7) is 4.14. The second-order valence-electron chi connectivity index (χ2n) is 6.72. The minimum Gasteiger partial charge on any atom is -0.319 e. The standard InChI is InChI=1S/C19H23N5/c1-13-12-14(2)21-19-17(13)22-18(15-8-10-20-11-9-15)24(19)23-16-6-4-3-5-7-16/h8-12,16,23H,3-7H2,1-2H3. The minimum absolute atomic E-state index is 0.486. The SMILES string of the molecule is Cc1cc(C)c2nc(-c3ccncc3)n(NC3CCCCC3)c2n1. The largest absolute Gasteiger partial charge is 0.319 e. The first-order valence-corrected chi connectivity index (χ1v) is 8.76. The van der Waals surface area contributed by atoms with Gasteiger partial charge in [0.25, 0.3) is 0 Å². The normalized spacial score (nSPS) is 15.8. The van der Waals surface area contributed by atoms with E-state index in [2.05, 4.69) is 28.1 Å². The molecule has 4 rings (SSSR count). The number of fused-ring (bicyclic) bond motifs is 1. The Bertz CT molecular complexity index is 847. The van der Waals surface area contributed by atoms with Crippen LogP contribution >= 0.6 is 0 Å². The van der Waals surface area contributed by atoms with Crippen molar-refractivity contribution in [2.45, 2.75) is 52.0 Å². The zero-order valence-corrected chi connectivity index (χ0v) is 14.3. The van der Waals surface area contributed by atoms with E-state index in [0.29, 0.717) is 6.04 Å². The van der Waals surface area contributed by atoms with E-state index in [1.165, 1.54) is 32.1 Å². The summed E-state index contributed by atoms with van der Waals surface area (Å²) < 4.78 is 2.10. The molecule has 1 aliphatic rings. The highest BCUT2D eigenvalue weighted by molar-refractivity contribution is 5.80. The zero-order chi connectivity index (χ0) is 16.5. The number of hydrogen-bond acceptors (Lipinski definition) is 4. The molecule has 3 heterocycles. The second-order valence-corrected chi connectivity index (χ2v) is 6.72. The number of nitrogens with one attached hydrogen (secondary N) is 1. The summed E-state index contributed by atoms with van der Waals surface area (Å²) in [5.74, 6) is 0.916. The molecule has 0 spiro atoms. The fourth-order valence-electron chi connectivity index (χ4n) is 3.59. The lowest BCUT2D eigenvalue weighted by atomic mass is 9.96. The third-order valence-corrected chi connectivity index (χ3v) is 4.79. The van der Waals surface area contributed by atoms with Crippen molar-refractivity contribution in [3.8, 4) is 11.4 Å². The Morgan fingerprint density at radius 1 is 1.04 bits per heavy atom. The first kappa shape index (κ1) is 15.1. The maximum Gasteiger partial charge on any atom is 0.179 e. The van der Waals surface area contributed by atoms with Gasteiger partial charge in [-0.25, -0.2) is 14.6 Å². The molecule has 0 aliphatic heterocycles. The van der Waals surface area contributed by atoms with E-state index in [1.807, 2.05) is 31.5 Å². The maximum absolute atomic E-state index is 4.90. The highest BCUT2D eigenvalue weighted by Crippen LogP contribution is 2.26. The molecule has 5 heteroatoms. The van der Waals surface area contributed by atoms with Gasteiger partial charge in [-0.3, -0.25) is 4.98 Å². The number of rotatable bonds is 3.